The average Bonchev–Trinajstić information content (AvgIpc) is 3.04. The van der Waals surface area contributed by atoms with Crippen molar-refractivity contribution >= 4 is 23.3 Å². The summed E-state index contributed by atoms with van der Waals surface area (Å²) < 4.78 is 4.91. The van der Waals surface area contributed by atoms with E-state index in [0.29, 0.717) is 22.7 Å². The van der Waals surface area contributed by atoms with Gasteiger partial charge in [-0.05, 0) is 62.2 Å². The first-order valence-corrected chi connectivity index (χ1v) is 8.16. The Morgan fingerprint density at radius 3 is 2.08 bits per heavy atom. The largest absolute Gasteiger partial charge is 0.360 e. The van der Waals surface area contributed by atoms with Crippen LogP contribution in [0.25, 0.3) is 0 Å². The number of benzene rings is 2. The zero-order valence-electron chi connectivity index (χ0n) is 14.8. The lowest BCUT2D eigenvalue weighted by Gasteiger charge is -2.10. The van der Waals surface area contributed by atoms with E-state index in [2.05, 4.69) is 15.8 Å². The van der Waals surface area contributed by atoms with Crippen molar-refractivity contribution < 1.29 is 14.1 Å². The van der Waals surface area contributed by atoms with Crippen LogP contribution < -0.4 is 10.6 Å². The Bertz CT molecular complexity index is 959. The number of carbonyl (C=O) groups is 2. The Hall–Kier alpha value is -3.41. The van der Waals surface area contributed by atoms with Crippen LogP contribution in [-0.4, -0.2) is 17.0 Å². The molecule has 3 rings (SSSR count). The van der Waals surface area contributed by atoms with Crippen molar-refractivity contribution in [2.75, 3.05) is 10.6 Å². The zero-order valence-corrected chi connectivity index (χ0v) is 14.8. The predicted molar refractivity (Wildman–Crippen MR) is 99.5 cm³/mol. The number of hydrogen-bond donors (Lipinski definition) is 2. The molecule has 1 aromatic heterocycles. The number of nitrogens with one attached hydrogen (secondary N) is 2. The molecular weight excluding hydrogens is 330 g/mol. The van der Waals surface area contributed by atoms with Crippen molar-refractivity contribution in [1.82, 2.24) is 5.16 Å². The molecule has 0 spiro atoms. The highest BCUT2D eigenvalue weighted by atomic mass is 16.5. The molecular formula is C20H19N3O3. The van der Waals surface area contributed by atoms with Gasteiger partial charge in [0, 0.05) is 22.9 Å². The molecule has 0 aliphatic carbocycles. The molecule has 1 heterocycles. The summed E-state index contributed by atoms with van der Waals surface area (Å²) in [6.07, 6.45) is 0. The number of aromatic nitrogens is 1. The van der Waals surface area contributed by atoms with Gasteiger partial charge in [0.05, 0.1) is 0 Å². The third-order valence-electron chi connectivity index (χ3n) is 4.13. The number of hydrogen-bond acceptors (Lipinski definition) is 4. The van der Waals surface area contributed by atoms with Crippen LogP contribution in [0.1, 0.15) is 37.6 Å². The van der Waals surface area contributed by atoms with Gasteiger partial charge in [0.1, 0.15) is 5.76 Å². The third-order valence-corrected chi connectivity index (χ3v) is 4.13. The molecule has 0 aliphatic rings. The number of nitrogens with zero attached hydrogens (tertiary/aromatic N) is 1. The summed E-state index contributed by atoms with van der Waals surface area (Å²) in [5, 5.41) is 9.25. The molecule has 3 aromatic rings. The van der Waals surface area contributed by atoms with Gasteiger partial charge < -0.3 is 15.2 Å². The molecule has 6 heteroatoms. The van der Waals surface area contributed by atoms with Crippen molar-refractivity contribution in [2.24, 2.45) is 0 Å². The van der Waals surface area contributed by atoms with Crippen LogP contribution in [0, 0.1) is 20.8 Å². The third kappa shape index (κ3) is 3.80. The topological polar surface area (TPSA) is 84.2 Å². The molecule has 6 nitrogen and oxygen atoms in total. The minimum absolute atomic E-state index is 0.224. The van der Waals surface area contributed by atoms with Crippen molar-refractivity contribution in [3.05, 3.63) is 76.5 Å². The van der Waals surface area contributed by atoms with E-state index >= 15 is 0 Å². The van der Waals surface area contributed by atoms with Crippen LogP contribution in [0.2, 0.25) is 0 Å². The quantitative estimate of drug-likeness (QED) is 0.742. The number of rotatable bonds is 4. The monoisotopic (exact) mass is 349 g/mol. The molecule has 26 heavy (non-hydrogen) atoms. The number of aryl methyl sites for hydroxylation is 2. The first kappa shape index (κ1) is 17.4. The molecule has 0 radical (unpaired) electrons. The SMILES string of the molecule is Cc1cc(NC(=O)c2ccc(C(=O)Nc3cccc(C)c3C)cc2)no1. The summed E-state index contributed by atoms with van der Waals surface area (Å²) in [4.78, 5) is 24.6. The molecule has 0 aliphatic heterocycles. The van der Waals surface area contributed by atoms with E-state index in [1.54, 1.807) is 37.3 Å². The Labute approximate surface area is 151 Å². The minimum Gasteiger partial charge on any atom is -0.360 e. The molecule has 0 bridgehead atoms. The van der Waals surface area contributed by atoms with E-state index in [4.69, 9.17) is 4.52 Å². The van der Waals surface area contributed by atoms with Crippen molar-refractivity contribution in [2.45, 2.75) is 20.8 Å². The fourth-order valence-electron chi connectivity index (χ4n) is 2.47. The Morgan fingerprint density at radius 2 is 1.50 bits per heavy atom. The summed E-state index contributed by atoms with van der Waals surface area (Å²) in [7, 11) is 0. The molecule has 0 atom stereocenters. The molecule has 2 aromatic carbocycles. The first-order chi connectivity index (χ1) is 12.4. The Kier molecular flexibility index (Phi) is 4.84. The first-order valence-electron chi connectivity index (χ1n) is 8.16. The fraction of sp³-hybridized carbons (Fsp3) is 0.150. The second-order valence-electron chi connectivity index (χ2n) is 6.06. The highest BCUT2D eigenvalue weighted by molar-refractivity contribution is 6.07. The standard InChI is InChI=1S/C20H19N3O3/c1-12-5-4-6-17(14(12)3)21-19(24)15-7-9-16(10-8-15)20(25)22-18-11-13(2)26-23-18/h4-11H,1-3H3,(H,21,24)(H,22,23,25). The fourth-order valence-corrected chi connectivity index (χ4v) is 2.47. The lowest BCUT2D eigenvalue weighted by molar-refractivity contribution is 0.101. The van der Waals surface area contributed by atoms with Crippen LogP contribution >= 0.6 is 0 Å². The van der Waals surface area contributed by atoms with Crippen LogP contribution in [0.3, 0.4) is 0 Å². The second-order valence-corrected chi connectivity index (χ2v) is 6.06. The summed E-state index contributed by atoms with van der Waals surface area (Å²) in [6, 6.07) is 13.8. The summed E-state index contributed by atoms with van der Waals surface area (Å²) in [5.41, 5.74) is 3.81. The van der Waals surface area contributed by atoms with Crippen LogP contribution in [-0.2, 0) is 0 Å². The normalized spacial score (nSPS) is 10.4. The summed E-state index contributed by atoms with van der Waals surface area (Å²) in [6.45, 7) is 5.70. The number of amides is 2. The highest BCUT2D eigenvalue weighted by Crippen LogP contribution is 2.19. The van der Waals surface area contributed by atoms with E-state index in [1.165, 1.54) is 0 Å². The maximum absolute atomic E-state index is 12.4. The van der Waals surface area contributed by atoms with E-state index in [-0.39, 0.29) is 11.8 Å². The maximum Gasteiger partial charge on any atom is 0.256 e. The summed E-state index contributed by atoms with van der Waals surface area (Å²) in [5.74, 6) is 0.417. The molecule has 0 fully saturated rings. The molecule has 2 amide bonds. The van der Waals surface area contributed by atoms with Crippen LogP contribution in [0.15, 0.2) is 53.1 Å². The maximum atomic E-state index is 12.4. The van der Waals surface area contributed by atoms with Crippen LogP contribution in [0.4, 0.5) is 11.5 Å². The van der Waals surface area contributed by atoms with Gasteiger partial charge in [0.15, 0.2) is 5.82 Å². The summed E-state index contributed by atoms with van der Waals surface area (Å²) >= 11 is 0. The average molecular weight is 349 g/mol. The molecule has 0 saturated carbocycles. The zero-order chi connectivity index (χ0) is 18.7. The lowest BCUT2D eigenvalue weighted by Crippen LogP contribution is -2.15. The molecule has 2 N–H and O–H groups in total. The molecule has 132 valence electrons. The van der Waals surface area contributed by atoms with Crippen LogP contribution in [0.5, 0.6) is 0 Å². The second kappa shape index (κ2) is 7.23. The van der Waals surface area contributed by atoms with Gasteiger partial charge in [-0.2, -0.15) is 0 Å². The van der Waals surface area contributed by atoms with Gasteiger partial charge in [-0.1, -0.05) is 17.3 Å². The van der Waals surface area contributed by atoms with Crippen molar-refractivity contribution in [1.29, 1.82) is 0 Å². The lowest BCUT2D eigenvalue weighted by atomic mass is 10.1. The Morgan fingerprint density at radius 1 is 0.885 bits per heavy atom. The van der Waals surface area contributed by atoms with E-state index in [0.717, 1.165) is 16.8 Å². The van der Waals surface area contributed by atoms with Crippen molar-refractivity contribution in [3.63, 3.8) is 0 Å². The van der Waals surface area contributed by atoms with Crippen molar-refractivity contribution in [3.8, 4) is 0 Å². The minimum atomic E-state index is -0.320. The number of carbonyl (C=O) groups excluding carboxylic acids is 2. The van der Waals surface area contributed by atoms with Gasteiger partial charge in [-0.3, -0.25) is 9.59 Å². The molecule has 0 saturated heterocycles. The van der Waals surface area contributed by atoms with Gasteiger partial charge in [-0.15, -0.1) is 0 Å². The van der Waals surface area contributed by atoms with E-state index in [9.17, 15) is 9.59 Å². The van der Waals surface area contributed by atoms with E-state index in [1.807, 2.05) is 32.0 Å². The van der Waals surface area contributed by atoms with Gasteiger partial charge in [0.25, 0.3) is 11.8 Å². The predicted octanol–water partition coefficient (Wildman–Crippen LogP) is 4.10. The van der Waals surface area contributed by atoms with Gasteiger partial charge in [-0.25, -0.2) is 0 Å². The number of anilines is 2. The Balaban J connectivity index is 1.69. The molecule has 0 unspecified atom stereocenters. The highest BCUT2D eigenvalue weighted by Gasteiger charge is 2.12. The van der Waals surface area contributed by atoms with Gasteiger partial charge >= 0.3 is 0 Å². The van der Waals surface area contributed by atoms with Gasteiger partial charge in [0.2, 0.25) is 0 Å². The van der Waals surface area contributed by atoms with E-state index < -0.39 is 0 Å². The smallest absolute Gasteiger partial charge is 0.256 e.